The summed E-state index contributed by atoms with van der Waals surface area (Å²) in [7, 11) is 0. The summed E-state index contributed by atoms with van der Waals surface area (Å²) in [4.78, 5) is 12.8. The number of carbonyl (C=O) groups is 1. The molecule has 0 aromatic rings. The van der Waals surface area contributed by atoms with Gasteiger partial charge in [-0.3, -0.25) is 4.79 Å². The predicted octanol–water partition coefficient (Wildman–Crippen LogP) is 2.85. The maximum absolute atomic E-state index is 12.8. The van der Waals surface area contributed by atoms with Crippen molar-refractivity contribution >= 4 is 5.91 Å². The summed E-state index contributed by atoms with van der Waals surface area (Å²) in [6, 6.07) is 0.338. The molecule has 5 rings (SSSR count). The molecule has 4 saturated carbocycles. The van der Waals surface area contributed by atoms with Gasteiger partial charge in [0.1, 0.15) is 0 Å². The number of rotatable bonds is 2. The van der Waals surface area contributed by atoms with Gasteiger partial charge in [-0.05, 0) is 75.2 Å². The van der Waals surface area contributed by atoms with Gasteiger partial charge in [-0.15, -0.1) is 0 Å². The molecule has 5 aliphatic rings. The Kier molecular flexibility index (Phi) is 2.84. The normalized spacial score (nSPS) is 54.9. The quantitative estimate of drug-likeness (QED) is 0.821. The molecule has 0 aromatic carbocycles. The Labute approximate surface area is 128 Å². The first-order valence-electron chi connectivity index (χ1n) is 8.86. The summed E-state index contributed by atoms with van der Waals surface area (Å²) in [6.07, 6.45) is 8.82. The predicted molar refractivity (Wildman–Crippen MR) is 83.9 cm³/mol. The average molecular weight is 290 g/mol. The van der Waals surface area contributed by atoms with E-state index in [2.05, 4.69) is 31.4 Å². The molecular weight excluding hydrogens is 260 g/mol. The average Bonchev–Trinajstić information content (AvgIpc) is 2.69. The Balaban J connectivity index is 1.56. The van der Waals surface area contributed by atoms with Crippen LogP contribution in [0.2, 0.25) is 0 Å². The molecule has 1 heterocycles. The third-order valence-electron chi connectivity index (χ3n) is 6.88. The van der Waals surface area contributed by atoms with Crippen LogP contribution in [0.15, 0.2) is 0 Å². The van der Waals surface area contributed by atoms with Crippen LogP contribution < -0.4 is 10.6 Å². The van der Waals surface area contributed by atoms with Crippen molar-refractivity contribution in [2.45, 2.75) is 77.3 Å². The summed E-state index contributed by atoms with van der Waals surface area (Å²) in [6.45, 7) is 8.08. The lowest BCUT2D eigenvalue weighted by Gasteiger charge is -2.65. The van der Waals surface area contributed by atoms with E-state index in [4.69, 9.17) is 0 Å². The van der Waals surface area contributed by atoms with Crippen molar-refractivity contribution < 1.29 is 4.79 Å². The topological polar surface area (TPSA) is 41.1 Å². The SMILES string of the molecule is CC1NCCC1C(=O)NC12CC3CC(C)(CC(C)(C3)C1)C2. The minimum atomic E-state index is 0.113. The van der Waals surface area contributed by atoms with Gasteiger partial charge in [-0.1, -0.05) is 13.8 Å². The van der Waals surface area contributed by atoms with Crippen molar-refractivity contribution in [1.29, 1.82) is 0 Å². The Bertz CT molecular complexity index is 456. The molecule has 0 aromatic heterocycles. The Morgan fingerprint density at radius 2 is 1.76 bits per heavy atom. The standard InChI is InChI=1S/C18H30N2O/c1-12-14(4-5-19-12)15(21)20-18-8-13-6-16(2,10-18)9-17(3,7-13)11-18/h12-14,19H,4-11H2,1-3H3,(H,20,21). The van der Waals surface area contributed by atoms with Gasteiger partial charge < -0.3 is 10.6 Å². The van der Waals surface area contributed by atoms with Crippen molar-refractivity contribution in [2.24, 2.45) is 22.7 Å². The zero-order chi connectivity index (χ0) is 14.9. The highest BCUT2D eigenvalue weighted by Gasteiger charge is 2.60. The molecule has 21 heavy (non-hydrogen) atoms. The van der Waals surface area contributed by atoms with E-state index >= 15 is 0 Å². The molecule has 4 unspecified atom stereocenters. The Morgan fingerprint density at radius 1 is 1.10 bits per heavy atom. The monoisotopic (exact) mass is 290 g/mol. The van der Waals surface area contributed by atoms with Crippen molar-refractivity contribution in [1.82, 2.24) is 10.6 Å². The van der Waals surface area contributed by atoms with E-state index in [0.29, 0.717) is 22.8 Å². The first-order chi connectivity index (χ1) is 9.81. The van der Waals surface area contributed by atoms with Crippen LogP contribution in [0.1, 0.15) is 65.7 Å². The lowest BCUT2D eigenvalue weighted by molar-refractivity contribution is -0.142. The summed E-state index contributed by atoms with van der Waals surface area (Å²) in [5.41, 5.74) is 1.06. The fourth-order valence-corrected chi connectivity index (χ4v) is 7.16. The minimum absolute atomic E-state index is 0.113. The fraction of sp³-hybridized carbons (Fsp3) is 0.944. The van der Waals surface area contributed by atoms with E-state index in [1.165, 1.54) is 38.5 Å². The lowest BCUT2D eigenvalue weighted by atomic mass is 9.42. The molecule has 1 saturated heterocycles. The molecule has 5 fully saturated rings. The van der Waals surface area contributed by atoms with Gasteiger partial charge in [-0.25, -0.2) is 0 Å². The van der Waals surface area contributed by atoms with E-state index < -0.39 is 0 Å². The van der Waals surface area contributed by atoms with Gasteiger partial charge >= 0.3 is 0 Å². The number of hydrogen-bond acceptors (Lipinski definition) is 2. The van der Waals surface area contributed by atoms with E-state index in [0.717, 1.165) is 18.9 Å². The molecule has 4 atom stereocenters. The maximum atomic E-state index is 12.8. The fourth-order valence-electron chi connectivity index (χ4n) is 7.16. The van der Waals surface area contributed by atoms with Crippen LogP contribution in [0.5, 0.6) is 0 Å². The summed E-state index contributed by atoms with van der Waals surface area (Å²) >= 11 is 0. The van der Waals surface area contributed by atoms with Crippen LogP contribution in [0, 0.1) is 22.7 Å². The molecule has 0 spiro atoms. The van der Waals surface area contributed by atoms with Crippen molar-refractivity contribution in [2.75, 3.05) is 6.54 Å². The van der Waals surface area contributed by atoms with Gasteiger partial charge in [0, 0.05) is 11.6 Å². The molecular formula is C18H30N2O. The molecule has 4 bridgehead atoms. The maximum Gasteiger partial charge on any atom is 0.225 e. The first-order valence-corrected chi connectivity index (χ1v) is 8.86. The second-order valence-electron chi connectivity index (χ2n) is 9.54. The van der Waals surface area contributed by atoms with E-state index in [1.807, 2.05) is 0 Å². The number of amides is 1. The molecule has 0 radical (unpaired) electrons. The van der Waals surface area contributed by atoms with Gasteiger partial charge in [-0.2, -0.15) is 0 Å². The van der Waals surface area contributed by atoms with E-state index in [1.54, 1.807) is 0 Å². The van der Waals surface area contributed by atoms with Crippen LogP contribution >= 0.6 is 0 Å². The van der Waals surface area contributed by atoms with Crippen LogP contribution in [-0.4, -0.2) is 24.0 Å². The highest BCUT2D eigenvalue weighted by Crippen LogP contribution is 2.66. The Morgan fingerprint density at radius 3 is 2.29 bits per heavy atom. The lowest BCUT2D eigenvalue weighted by Crippen LogP contribution is -2.65. The van der Waals surface area contributed by atoms with Crippen LogP contribution in [0.25, 0.3) is 0 Å². The molecule has 4 aliphatic carbocycles. The van der Waals surface area contributed by atoms with Crippen LogP contribution in [0.3, 0.4) is 0 Å². The van der Waals surface area contributed by atoms with Gasteiger partial charge in [0.25, 0.3) is 0 Å². The van der Waals surface area contributed by atoms with Crippen LogP contribution in [0.4, 0.5) is 0 Å². The number of hydrogen-bond donors (Lipinski definition) is 2. The molecule has 3 nitrogen and oxygen atoms in total. The van der Waals surface area contributed by atoms with E-state index in [9.17, 15) is 4.79 Å². The van der Waals surface area contributed by atoms with Gasteiger partial charge in [0.2, 0.25) is 5.91 Å². The van der Waals surface area contributed by atoms with E-state index in [-0.39, 0.29) is 11.5 Å². The molecule has 118 valence electrons. The van der Waals surface area contributed by atoms with Gasteiger partial charge in [0.05, 0.1) is 5.92 Å². The molecule has 3 heteroatoms. The second kappa shape index (κ2) is 4.24. The van der Waals surface area contributed by atoms with Crippen molar-refractivity contribution in [3.63, 3.8) is 0 Å². The zero-order valence-electron chi connectivity index (χ0n) is 13.8. The number of carbonyl (C=O) groups excluding carboxylic acids is 1. The second-order valence-corrected chi connectivity index (χ2v) is 9.54. The zero-order valence-corrected chi connectivity index (χ0v) is 13.8. The third-order valence-corrected chi connectivity index (χ3v) is 6.88. The largest absolute Gasteiger partial charge is 0.350 e. The third kappa shape index (κ3) is 2.23. The minimum Gasteiger partial charge on any atom is -0.350 e. The highest BCUT2D eigenvalue weighted by atomic mass is 16.2. The van der Waals surface area contributed by atoms with Gasteiger partial charge in [0.15, 0.2) is 0 Å². The summed E-state index contributed by atoms with van der Waals surface area (Å²) < 4.78 is 0. The Hall–Kier alpha value is -0.570. The molecule has 2 N–H and O–H groups in total. The van der Waals surface area contributed by atoms with Crippen LogP contribution in [-0.2, 0) is 4.79 Å². The van der Waals surface area contributed by atoms with Crippen molar-refractivity contribution in [3.8, 4) is 0 Å². The molecule has 1 amide bonds. The first kappa shape index (κ1) is 14.0. The van der Waals surface area contributed by atoms with Crippen molar-refractivity contribution in [3.05, 3.63) is 0 Å². The smallest absolute Gasteiger partial charge is 0.225 e. The summed E-state index contributed by atoms with van der Waals surface area (Å²) in [5, 5.41) is 6.98. The molecule has 1 aliphatic heterocycles. The number of nitrogens with one attached hydrogen (secondary N) is 2. The summed E-state index contributed by atoms with van der Waals surface area (Å²) in [5.74, 6) is 1.34. The highest BCUT2D eigenvalue weighted by molar-refractivity contribution is 5.80.